The molecule has 0 saturated carbocycles. The third kappa shape index (κ3) is 4.68. The number of aliphatic hydroxyl groups is 1. The first kappa shape index (κ1) is 17.2. The normalized spacial score (nSPS) is 13.4. The van der Waals surface area contributed by atoms with E-state index in [1.165, 1.54) is 12.1 Å². The van der Waals surface area contributed by atoms with Crippen molar-refractivity contribution in [2.24, 2.45) is 0 Å². The van der Waals surface area contributed by atoms with Crippen LogP contribution in [-0.2, 0) is 0 Å². The number of halogens is 1. The number of aliphatic hydroxyl groups excluding tert-OH is 1. The number of benzene rings is 2. The molecule has 2 atom stereocenters. The summed E-state index contributed by atoms with van der Waals surface area (Å²) in [6.07, 6.45) is -0.707. The summed E-state index contributed by atoms with van der Waals surface area (Å²) in [4.78, 5) is 0. The van der Waals surface area contributed by atoms with Crippen LogP contribution in [0.25, 0.3) is 0 Å². The molecule has 0 spiro atoms. The van der Waals surface area contributed by atoms with Gasteiger partial charge in [0.1, 0.15) is 17.3 Å². The largest absolute Gasteiger partial charge is 0.497 e. The number of methoxy groups -OCH3 is 2. The van der Waals surface area contributed by atoms with Crippen molar-refractivity contribution >= 4 is 0 Å². The molecule has 0 aliphatic carbocycles. The highest BCUT2D eigenvalue weighted by atomic mass is 19.1. The van der Waals surface area contributed by atoms with Gasteiger partial charge in [-0.05, 0) is 42.3 Å². The van der Waals surface area contributed by atoms with Gasteiger partial charge in [0, 0.05) is 18.7 Å². The highest BCUT2D eigenvalue weighted by Gasteiger charge is 2.13. The van der Waals surface area contributed by atoms with Crippen molar-refractivity contribution in [1.82, 2.24) is 5.32 Å². The first-order valence-electron chi connectivity index (χ1n) is 7.43. The number of hydrogen-bond acceptors (Lipinski definition) is 4. The quantitative estimate of drug-likeness (QED) is 0.823. The Kier molecular flexibility index (Phi) is 5.96. The highest BCUT2D eigenvalue weighted by molar-refractivity contribution is 5.39. The fraction of sp³-hybridized carbons (Fsp3) is 0.333. The first-order chi connectivity index (χ1) is 11.0. The van der Waals surface area contributed by atoms with Crippen LogP contribution in [0.4, 0.5) is 4.39 Å². The summed E-state index contributed by atoms with van der Waals surface area (Å²) in [5.41, 5.74) is 1.67. The Morgan fingerprint density at radius 3 is 2.09 bits per heavy atom. The van der Waals surface area contributed by atoms with Gasteiger partial charge >= 0.3 is 0 Å². The van der Waals surface area contributed by atoms with E-state index in [4.69, 9.17) is 9.47 Å². The molecule has 0 aromatic heterocycles. The lowest BCUT2D eigenvalue weighted by molar-refractivity contribution is 0.170. The second-order valence-electron chi connectivity index (χ2n) is 5.34. The lowest BCUT2D eigenvalue weighted by Gasteiger charge is -2.19. The molecule has 4 nitrogen and oxygen atoms in total. The number of rotatable bonds is 7. The lowest BCUT2D eigenvalue weighted by atomic mass is 10.1. The fourth-order valence-electron chi connectivity index (χ4n) is 2.30. The predicted molar refractivity (Wildman–Crippen MR) is 87.3 cm³/mol. The van der Waals surface area contributed by atoms with Crippen molar-refractivity contribution in [2.45, 2.75) is 19.1 Å². The van der Waals surface area contributed by atoms with Crippen LogP contribution in [0.3, 0.4) is 0 Å². The van der Waals surface area contributed by atoms with Crippen molar-refractivity contribution in [3.8, 4) is 11.5 Å². The summed E-state index contributed by atoms with van der Waals surface area (Å²) in [5, 5.41) is 13.6. The van der Waals surface area contributed by atoms with Crippen LogP contribution in [0.5, 0.6) is 11.5 Å². The third-order valence-corrected chi connectivity index (χ3v) is 3.75. The molecule has 124 valence electrons. The van der Waals surface area contributed by atoms with Gasteiger partial charge in [-0.1, -0.05) is 12.1 Å². The minimum atomic E-state index is -0.707. The second-order valence-corrected chi connectivity index (χ2v) is 5.34. The fourth-order valence-corrected chi connectivity index (χ4v) is 2.30. The monoisotopic (exact) mass is 319 g/mol. The smallest absolute Gasteiger partial charge is 0.123 e. The Hall–Kier alpha value is -2.11. The van der Waals surface area contributed by atoms with Gasteiger partial charge in [0.05, 0.1) is 20.3 Å². The predicted octanol–water partition coefficient (Wildman–Crippen LogP) is 3.23. The van der Waals surface area contributed by atoms with E-state index in [1.807, 2.05) is 6.92 Å². The summed E-state index contributed by atoms with van der Waals surface area (Å²) in [5.74, 6) is 0.999. The molecule has 2 aromatic carbocycles. The van der Waals surface area contributed by atoms with Crippen LogP contribution < -0.4 is 14.8 Å². The average Bonchev–Trinajstić information content (AvgIpc) is 2.59. The second kappa shape index (κ2) is 7.94. The molecule has 2 N–H and O–H groups in total. The van der Waals surface area contributed by atoms with Crippen molar-refractivity contribution in [2.75, 3.05) is 20.8 Å². The molecule has 0 aliphatic heterocycles. The first-order valence-corrected chi connectivity index (χ1v) is 7.43. The molecule has 0 radical (unpaired) electrons. The van der Waals surface area contributed by atoms with Crippen LogP contribution in [-0.4, -0.2) is 25.9 Å². The molecule has 0 fully saturated rings. The van der Waals surface area contributed by atoms with E-state index in [-0.39, 0.29) is 11.9 Å². The molecule has 23 heavy (non-hydrogen) atoms. The van der Waals surface area contributed by atoms with Crippen LogP contribution in [0.15, 0.2) is 42.5 Å². The molecule has 5 heteroatoms. The van der Waals surface area contributed by atoms with Crippen LogP contribution in [0.2, 0.25) is 0 Å². The minimum absolute atomic E-state index is 0.00208. The molecule has 2 aromatic rings. The molecule has 0 amide bonds. The minimum Gasteiger partial charge on any atom is -0.497 e. The van der Waals surface area contributed by atoms with E-state index in [9.17, 15) is 9.50 Å². The maximum absolute atomic E-state index is 12.9. The van der Waals surface area contributed by atoms with Crippen LogP contribution in [0.1, 0.15) is 30.2 Å². The van der Waals surface area contributed by atoms with Gasteiger partial charge in [0.25, 0.3) is 0 Å². The van der Waals surface area contributed by atoms with Crippen molar-refractivity contribution in [1.29, 1.82) is 0 Å². The summed E-state index contributed by atoms with van der Waals surface area (Å²) in [6, 6.07) is 11.6. The summed E-state index contributed by atoms with van der Waals surface area (Å²) in [6.45, 7) is 2.32. The van der Waals surface area contributed by atoms with E-state index in [2.05, 4.69) is 5.32 Å². The lowest BCUT2D eigenvalue weighted by Crippen LogP contribution is -2.24. The average molecular weight is 319 g/mol. The Morgan fingerprint density at radius 1 is 1.00 bits per heavy atom. The van der Waals surface area contributed by atoms with Gasteiger partial charge in [-0.15, -0.1) is 0 Å². The SMILES string of the molecule is COc1cc(OC)cc(C(O)CNC(C)c2ccc(F)cc2)c1. The molecule has 0 heterocycles. The van der Waals surface area contributed by atoms with Gasteiger partial charge in [-0.2, -0.15) is 0 Å². The Morgan fingerprint density at radius 2 is 1.57 bits per heavy atom. The van der Waals surface area contributed by atoms with Crippen molar-refractivity contribution in [3.05, 3.63) is 59.4 Å². The molecule has 2 rings (SSSR count). The summed E-state index contributed by atoms with van der Waals surface area (Å²) >= 11 is 0. The number of nitrogens with one attached hydrogen (secondary N) is 1. The zero-order valence-electron chi connectivity index (χ0n) is 13.5. The van der Waals surface area contributed by atoms with E-state index in [0.29, 0.717) is 23.6 Å². The number of ether oxygens (including phenoxy) is 2. The standard InChI is InChI=1S/C18H22FNO3/c1-12(13-4-6-15(19)7-5-13)20-11-18(21)14-8-16(22-2)10-17(9-14)23-3/h4-10,12,18,20-21H,11H2,1-3H3. The zero-order valence-corrected chi connectivity index (χ0v) is 13.5. The van der Waals surface area contributed by atoms with Crippen molar-refractivity contribution in [3.63, 3.8) is 0 Å². The van der Waals surface area contributed by atoms with E-state index < -0.39 is 6.10 Å². The molecule has 0 aliphatic rings. The Labute approximate surface area is 135 Å². The van der Waals surface area contributed by atoms with Crippen molar-refractivity contribution < 1.29 is 19.0 Å². The van der Waals surface area contributed by atoms with Gasteiger partial charge in [-0.25, -0.2) is 4.39 Å². The topological polar surface area (TPSA) is 50.7 Å². The van der Waals surface area contributed by atoms with E-state index in [1.54, 1.807) is 44.6 Å². The van der Waals surface area contributed by atoms with Gasteiger partial charge < -0.3 is 19.9 Å². The van der Waals surface area contributed by atoms with Gasteiger partial charge in [-0.3, -0.25) is 0 Å². The Balaban J connectivity index is 2.01. The summed E-state index contributed by atoms with van der Waals surface area (Å²) < 4.78 is 23.4. The van der Waals surface area contributed by atoms with E-state index in [0.717, 1.165) is 5.56 Å². The maximum Gasteiger partial charge on any atom is 0.123 e. The van der Waals surface area contributed by atoms with E-state index >= 15 is 0 Å². The number of hydrogen-bond donors (Lipinski definition) is 2. The molecular weight excluding hydrogens is 297 g/mol. The molecular formula is C18H22FNO3. The van der Waals surface area contributed by atoms with Gasteiger partial charge in [0.2, 0.25) is 0 Å². The highest BCUT2D eigenvalue weighted by Crippen LogP contribution is 2.26. The Bertz CT molecular complexity index is 608. The molecule has 0 bridgehead atoms. The summed E-state index contributed by atoms with van der Waals surface area (Å²) in [7, 11) is 3.14. The third-order valence-electron chi connectivity index (χ3n) is 3.75. The van der Waals surface area contributed by atoms with Gasteiger partial charge in [0.15, 0.2) is 0 Å². The zero-order chi connectivity index (χ0) is 16.8. The molecule has 0 saturated heterocycles. The van der Waals surface area contributed by atoms with Crippen LogP contribution in [0, 0.1) is 5.82 Å². The van der Waals surface area contributed by atoms with Crippen LogP contribution >= 0.6 is 0 Å². The molecule has 2 unspecified atom stereocenters. The maximum atomic E-state index is 12.9.